The lowest BCUT2D eigenvalue weighted by Gasteiger charge is -2.04. The maximum atomic E-state index is 5.79. The summed E-state index contributed by atoms with van der Waals surface area (Å²) in [4.78, 5) is 4.31. The molecule has 0 amide bonds. The fourth-order valence-corrected chi connectivity index (χ4v) is 1.87. The Balaban J connectivity index is 2.01. The summed E-state index contributed by atoms with van der Waals surface area (Å²) in [7, 11) is 1.65. The van der Waals surface area contributed by atoms with E-state index in [4.69, 9.17) is 10.5 Å². The molecule has 1 heterocycles. The molecule has 0 aliphatic carbocycles. The molecule has 112 valence electrons. The zero-order valence-corrected chi connectivity index (χ0v) is 12.4. The average Bonchev–Trinajstić information content (AvgIpc) is 2.87. The van der Waals surface area contributed by atoms with E-state index in [1.54, 1.807) is 7.11 Å². The van der Waals surface area contributed by atoms with Crippen LogP contribution in [0.1, 0.15) is 11.3 Å². The van der Waals surface area contributed by atoms with Crippen LogP contribution in [0.2, 0.25) is 0 Å². The number of rotatable bonds is 6. The number of para-hydroxylation sites is 1. The van der Waals surface area contributed by atoms with Gasteiger partial charge in [0.05, 0.1) is 24.5 Å². The second-order valence-corrected chi connectivity index (χ2v) is 4.64. The Kier molecular flexibility index (Phi) is 5.34. The van der Waals surface area contributed by atoms with Crippen LogP contribution in [0, 0.1) is 6.92 Å². The Morgan fingerprint density at radius 3 is 2.86 bits per heavy atom. The summed E-state index contributed by atoms with van der Waals surface area (Å²) in [6, 6.07) is 9.99. The second kappa shape index (κ2) is 7.44. The number of nitrogens with one attached hydrogen (secondary N) is 1. The van der Waals surface area contributed by atoms with Gasteiger partial charge in [-0.15, -0.1) is 0 Å². The smallest absolute Gasteiger partial charge is 0.189 e. The molecule has 6 heteroatoms. The first kappa shape index (κ1) is 15.1. The molecule has 0 bridgehead atoms. The predicted molar refractivity (Wildman–Crippen MR) is 83.5 cm³/mol. The number of nitrogens with two attached hydrogens (primary N) is 1. The van der Waals surface area contributed by atoms with Gasteiger partial charge in [0.15, 0.2) is 5.96 Å². The number of ether oxygens (including phenoxy) is 1. The van der Waals surface area contributed by atoms with E-state index in [9.17, 15) is 0 Å². The van der Waals surface area contributed by atoms with Crippen LogP contribution in [0.5, 0.6) is 0 Å². The van der Waals surface area contributed by atoms with Gasteiger partial charge in [0.2, 0.25) is 0 Å². The lowest BCUT2D eigenvalue weighted by Crippen LogP contribution is -2.34. The van der Waals surface area contributed by atoms with Crippen LogP contribution in [0.3, 0.4) is 0 Å². The van der Waals surface area contributed by atoms with E-state index in [-0.39, 0.29) is 0 Å². The largest absolute Gasteiger partial charge is 0.383 e. The maximum Gasteiger partial charge on any atom is 0.189 e. The van der Waals surface area contributed by atoms with Crippen LogP contribution in [-0.4, -0.2) is 36.0 Å². The monoisotopic (exact) mass is 287 g/mol. The molecular formula is C15H21N5O. The average molecular weight is 287 g/mol. The van der Waals surface area contributed by atoms with E-state index in [1.165, 1.54) is 0 Å². The summed E-state index contributed by atoms with van der Waals surface area (Å²) >= 11 is 0. The highest BCUT2D eigenvalue weighted by Gasteiger charge is 2.05. The van der Waals surface area contributed by atoms with Gasteiger partial charge in [-0.2, -0.15) is 5.10 Å². The molecule has 1 aromatic heterocycles. The number of aryl methyl sites for hydroxylation is 1. The number of benzene rings is 1. The Bertz CT molecular complexity index is 591. The molecule has 0 atom stereocenters. The van der Waals surface area contributed by atoms with Crippen molar-refractivity contribution in [3.8, 4) is 5.69 Å². The van der Waals surface area contributed by atoms with E-state index in [0.29, 0.717) is 25.7 Å². The van der Waals surface area contributed by atoms with E-state index >= 15 is 0 Å². The minimum Gasteiger partial charge on any atom is -0.383 e. The standard InChI is InChI=1S/C15H21N5O/c1-12-13(10-18-15(16)17-8-9-21-2)11-20(19-12)14-6-4-3-5-7-14/h3-7,11H,8-10H2,1-2H3,(H3,16,17,18). The molecule has 0 radical (unpaired) electrons. The first-order valence-corrected chi connectivity index (χ1v) is 6.84. The SMILES string of the molecule is COCCNC(N)=NCc1cn(-c2ccccc2)nc1C. The summed E-state index contributed by atoms with van der Waals surface area (Å²) in [6.07, 6.45) is 1.98. The van der Waals surface area contributed by atoms with E-state index < -0.39 is 0 Å². The first-order chi connectivity index (χ1) is 10.2. The van der Waals surface area contributed by atoms with E-state index in [1.807, 2.05) is 48.1 Å². The zero-order chi connectivity index (χ0) is 15.1. The summed E-state index contributed by atoms with van der Waals surface area (Å²) in [5.41, 5.74) is 8.82. The number of hydrogen-bond donors (Lipinski definition) is 2. The van der Waals surface area contributed by atoms with Crippen molar-refractivity contribution in [2.75, 3.05) is 20.3 Å². The fraction of sp³-hybridized carbons (Fsp3) is 0.333. The highest BCUT2D eigenvalue weighted by Crippen LogP contribution is 2.12. The highest BCUT2D eigenvalue weighted by molar-refractivity contribution is 5.77. The van der Waals surface area contributed by atoms with Crippen LogP contribution < -0.4 is 11.1 Å². The molecular weight excluding hydrogens is 266 g/mol. The normalized spacial score (nSPS) is 11.6. The lowest BCUT2D eigenvalue weighted by atomic mass is 10.3. The molecule has 0 saturated heterocycles. The van der Waals surface area contributed by atoms with Crippen molar-refractivity contribution in [1.82, 2.24) is 15.1 Å². The van der Waals surface area contributed by atoms with Crippen molar-refractivity contribution < 1.29 is 4.74 Å². The minimum atomic E-state index is 0.416. The number of nitrogens with zero attached hydrogens (tertiary/aromatic N) is 3. The Morgan fingerprint density at radius 2 is 2.14 bits per heavy atom. The van der Waals surface area contributed by atoms with E-state index in [0.717, 1.165) is 16.9 Å². The van der Waals surface area contributed by atoms with Crippen LogP contribution in [0.15, 0.2) is 41.5 Å². The molecule has 0 saturated carbocycles. The number of aliphatic imine (C=N–C) groups is 1. The van der Waals surface area contributed by atoms with Gasteiger partial charge in [-0.1, -0.05) is 18.2 Å². The summed E-state index contributed by atoms with van der Waals surface area (Å²) in [5, 5.41) is 7.49. The molecule has 6 nitrogen and oxygen atoms in total. The molecule has 0 unspecified atom stereocenters. The second-order valence-electron chi connectivity index (χ2n) is 4.64. The number of aromatic nitrogens is 2. The Hall–Kier alpha value is -2.34. The fourth-order valence-electron chi connectivity index (χ4n) is 1.87. The van der Waals surface area contributed by atoms with Gasteiger partial charge in [-0.25, -0.2) is 9.67 Å². The highest BCUT2D eigenvalue weighted by atomic mass is 16.5. The van der Waals surface area contributed by atoms with Gasteiger partial charge in [-0.05, 0) is 19.1 Å². The first-order valence-electron chi connectivity index (χ1n) is 6.84. The predicted octanol–water partition coefficient (Wildman–Crippen LogP) is 1.23. The van der Waals surface area contributed by atoms with Crippen LogP contribution in [0.25, 0.3) is 5.69 Å². The van der Waals surface area contributed by atoms with Crippen molar-refractivity contribution in [2.24, 2.45) is 10.7 Å². The van der Waals surface area contributed by atoms with Gasteiger partial charge in [0, 0.05) is 25.4 Å². The Labute approximate surface area is 124 Å². The zero-order valence-electron chi connectivity index (χ0n) is 12.4. The maximum absolute atomic E-state index is 5.79. The molecule has 2 rings (SSSR count). The Morgan fingerprint density at radius 1 is 1.38 bits per heavy atom. The van der Waals surface area contributed by atoms with Crippen molar-refractivity contribution in [2.45, 2.75) is 13.5 Å². The third kappa shape index (κ3) is 4.32. The number of hydrogen-bond acceptors (Lipinski definition) is 3. The number of methoxy groups -OCH3 is 1. The summed E-state index contributed by atoms with van der Waals surface area (Å²) in [5.74, 6) is 0.416. The van der Waals surface area contributed by atoms with Crippen LogP contribution >= 0.6 is 0 Å². The molecule has 0 fully saturated rings. The van der Waals surface area contributed by atoms with Gasteiger partial charge in [0.25, 0.3) is 0 Å². The molecule has 0 aliphatic heterocycles. The van der Waals surface area contributed by atoms with Gasteiger partial charge >= 0.3 is 0 Å². The third-order valence-corrected chi connectivity index (χ3v) is 3.05. The molecule has 21 heavy (non-hydrogen) atoms. The van der Waals surface area contributed by atoms with Crippen LogP contribution in [-0.2, 0) is 11.3 Å². The molecule has 1 aromatic carbocycles. The molecule has 0 spiro atoms. The van der Waals surface area contributed by atoms with Gasteiger partial charge < -0.3 is 15.8 Å². The molecule has 3 N–H and O–H groups in total. The number of guanidine groups is 1. The van der Waals surface area contributed by atoms with Crippen LogP contribution in [0.4, 0.5) is 0 Å². The summed E-state index contributed by atoms with van der Waals surface area (Å²) < 4.78 is 6.80. The minimum absolute atomic E-state index is 0.416. The molecule has 2 aromatic rings. The molecule has 0 aliphatic rings. The van der Waals surface area contributed by atoms with Crippen molar-refractivity contribution in [3.05, 3.63) is 47.8 Å². The van der Waals surface area contributed by atoms with Gasteiger partial charge in [-0.3, -0.25) is 0 Å². The topological polar surface area (TPSA) is 77.5 Å². The van der Waals surface area contributed by atoms with Crippen molar-refractivity contribution in [1.29, 1.82) is 0 Å². The van der Waals surface area contributed by atoms with Crippen molar-refractivity contribution >= 4 is 5.96 Å². The third-order valence-electron chi connectivity index (χ3n) is 3.05. The van der Waals surface area contributed by atoms with Crippen molar-refractivity contribution in [3.63, 3.8) is 0 Å². The quantitative estimate of drug-likeness (QED) is 0.476. The lowest BCUT2D eigenvalue weighted by molar-refractivity contribution is 0.204. The van der Waals surface area contributed by atoms with Gasteiger partial charge in [0.1, 0.15) is 0 Å². The van der Waals surface area contributed by atoms with E-state index in [2.05, 4.69) is 15.4 Å². The summed E-state index contributed by atoms with van der Waals surface area (Å²) in [6.45, 7) is 3.72.